The molecule has 0 heterocycles. The number of non-ortho nitro benzene ring substituents is 1. The summed E-state index contributed by atoms with van der Waals surface area (Å²) in [6, 6.07) is 12.5. The average Bonchev–Trinajstić information content (AvgIpc) is 2.64. The zero-order valence-electron chi connectivity index (χ0n) is 15.4. The Labute approximate surface area is 157 Å². The Morgan fingerprint density at radius 1 is 0.963 bits per heavy atom. The van der Waals surface area contributed by atoms with Crippen LogP contribution in [0.4, 0.5) is 5.69 Å². The van der Waals surface area contributed by atoms with Crippen molar-refractivity contribution in [1.29, 1.82) is 0 Å². The number of carbonyl (C=O) groups is 2. The van der Waals surface area contributed by atoms with Crippen LogP contribution in [0.5, 0.6) is 5.75 Å². The molecule has 0 N–H and O–H groups in total. The van der Waals surface area contributed by atoms with Crippen LogP contribution in [0.15, 0.2) is 48.5 Å². The number of hydrogen-bond acceptors (Lipinski definition) is 6. The molecule has 7 heteroatoms. The summed E-state index contributed by atoms with van der Waals surface area (Å²) in [5.41, 5.74) is 1.48. The van der Waals surface area contributed by atoms with Crippen molar-refractivity contribution < 1.29 is 24.0 Å². The summed E-state index contributed by atoms with van der Waals surface area (Å²) in [5.74, 6) is -0.714. The Bertz CT molecular complexity index is 819. The molecule has 0 aliphatic heterocycles. The molecule has 2 aromatic carbocycles. The molecular formula is C20H21NO6. The van der Waals surface area contributed by atoms with Gasteiger partial charge in [0.15, 0.2) is 19.0 Å². The first-order chi connectivity index (χ1) is 12.7. The van der Waals surface area contributed by atoms with Gasteiger partial charge in [-0.3, -0.25) is 14.9 Å². The third kappa shape index (κ3) is 5.91. The van der Waals surface area contributed by atoms with E-state index in [1.807, 2.05) is 12.1 Å². The molecule has 0 radical (unpaired) electrons. The number of ether oxygens (including phenoxy) is 2. The van der Waals surface area contributed by atoms with Gasteiger partial charge in [-0.15, -0.1) is 0 Å². The van der Waals surface area contributed by atoms with Gasteiger partial charge < -0.3 is 9.47 Å². The summed E-state index contributed by atoms with van der Waals surface area (Å²) in [5, 5.41) is 10.6. The molecular weight excluding hydrogens is 350 g/mol. The fourth-order valence-corrected chi connectivity index (χ4v) is 2.23. The highest BCUT2D eigenvalue weighted by Gasteiger charge is 2.15. The number of hydrogen-bond donors (Lipinski definition) is 0. The topological polar surface area (TPSA) is 95.7 Å². The Hall–Kier alpha value is -3.22. The van der Waals surface area contributed by atoms with E-state index in [0.717, 1.165) is 5.56 Å². The highest BCUT2D eigenvalue weighted by atomic mass is 16.6. The smallest absolute Gasteiger partial charge is 0.344 e. The molecule has 0 aliphatic rings. The van der Waals surface area contributed by atoms with Crippen molar-refractivity contribution in [1.82, 2.24) is 0 Å². The van der Waals surface area contributed by atoms with Crippen molar-refractivity contribution in [3.63, 3.8) is 0 Å². The summed E-state index contributed by atoms with van der Waals surface area (Å²) >= 11 is 0. The van der Waals surface area contributed by atoms with Crippen molar-refractivity contribution in [3.8, 4) is 5.75 Å². The first-order valence-electron chi connectivity index (χ1n) is 8.33. The molecule has 2 aromatic rings. The Balaban J connectivity index is 1.81. The Morgan fingerprint density at radius 3 is 2.07 bits per heavy atom. The maximum absolute atomic E-state index is 12.1. The highest BCUT2D eigenvalue weighted by molar-refractivity contribution is 5.98. The van der Waals surface area contributed by atoms with Crippen LogP contribution < -0.4 is 4.74 Å². The van der Waals surface area contributed by atoms with Gasteiger partial charge in [-0.2, -0.15) is 0 Å². The van der Waals surface area contributed by atoms with E-state index in [2.05, 4.69) is 20.8 Å². The third-order valence-corrected chi connectivity index (χ3v) is 3.84. The molecule has 0 spiro atoms. The number of nitro benzene ring substituents is 1. The van der Waals surface area contributed by atoms with Crippen molar-refractivity contribution in [2.45, 2.75) is 26.2 Å². The molecule has 0 saturated heterocycles. The molecule has 0 amide bonds. The summed E-state index contributed by atoms with van der Waals surface area (Å²) in [6.07, 6.45) is 0. The van der Waals surface area contributed by atoms with Gasteiger partial charge in [-0.05, 0) is 23.1 Å². The first kappa shape index (κ1) is 20.1. The van der Waals surface area contributed by atoms with Gasteiger partial charge >= 0.3 is 5.97 Å². The summed E-state index contributed by atoms with van der Waals surface area (Å²) in [6.45, 7) is 5.47. The van der Waals surface area contributed by atoms with Crippen LogP contribution in [0.1, 0.15) is 36.7 Å². The van der Waals surface area contributed by atoms with E-state index >= 15 is 0 Å². The van der Waals surface area contributed by atoms with E-state index in [1.165, 1.54) is 24.3 Å². The lowest BCUT2D eigenvalue weighted by atomic mass is 9.86. The SMILES string of the molecule is CC(C)(C)c1ccc(C(=O)COC(=O)COc2ccc([N+](=O)[O-])cc2)cc1. The second kappa shape index (κ2) is 8.44. The van der Waals surface area contributed by atoms with Crippen LogP contribution in [0.2, 0.25) is 0 Å². The van der Waals surface area contributed by atoms with Crippen LogP contribution in [-0.4, -0.2) is 29.9 Å². The minimum atomic E-state index is -0.701. The number of carbonyl (C=O) groups excluding carboxylic acids is 2. The summed E-state index contributed by atoms with van der Waals surface area (Å²) < 4.78 is 10.1. The molecule has 0 aliphatic carbocycles. The predicted octanol–water partition coefficient (Wildman–Crippen LogP) is 3.70. The predicted molar refractivity (Wildman–Crippen MR) is 99.0 cm³/mol. The van der Waals surface area contributed by atoms with Crippen molar-refractivity contribution in [2.24, 2.45) is 0 Å². The quantitative estimate of drug-likeness (QED) is 0.319. The first-order valence-corrected chi connectivity index (χ1v) is 8.33. The lowest BCUT2D eigenvalue weighted by molar-refractivity contribution is -0.384. The van der Waals surface area contributed by atoms with Crippen LogP contribution in [-0.2, 0) is 14.9 Å². The van der Waals surface area contributed by atoms with E-state index in [9.17, 15) is 19.7 Å². The molecule has 0 unspecified atom stereocenters. The molecule has 0 aromatic heterocycles. The van der Waals surface area contributed by atoms with Crippen molar-refractivity contribution in [2.75, 3.05) is 13.2 Å². The number of ketones is 1. The molecule has 2 rings (SSSR count). The largest absolute Gasteiger partial charge is 0.482 e. The monoisotopic (exact) mass is 371 g/mol. The van der Waals surface area contributed by atoms with Gasteiger partial charge in [0.05, 0.1) is 4.92 Å². The second-order valence-corrected chi connectivity index (χ2v) is 6.95. The Morgan fingerprint density at radius 2 is 1.56 bits per heavy atom. The molecule has 0 bridgehead atoms. The number of rotatable bonds is 7. The van der Waals surface area contributed by atoms with Gasteiger partial charge in [0.2, 0.25) is 0 Å². The van der Waals surface area contributed by atoms with Gasteiger partial charge in [0.1, 0.15) is 5.75 Å². The van der Waals surface area contributed by atoms with E-state index in [-0.39, 0.29) is 23.5 Å². The van der Waals surface area contributed by atoms with E-state index in [4.69, 9.17) is 9.47 Å². The lowest BCUT2D eigenvalue weighted by Crippen LogP contribution is -2.19. The van der Waals surface area contributed by atoms with Gasteiger partial charge in [0, 0.05) is 17.7 Å². The number of nitrogens with zero attached hydrogens (tertiary/aromatic N) is 1. The van der Waals surface area contributed by atoms with E-state index in [1.54, 1.807) is 12.1 Å². The van der Waals surface area contributed by atoms with Crippen molar-refractivity contribution >= 4 is 17.4 Å². The molecule has 27 heavy (non-hydrogen) atoms. The second-order valence-electron chi connectivity index (χ2n) is 6.95. The number of Topliss-reactive ketones (excluding diaryl/α,β-unsaturated/α-hetero) is 1. The third-order valence-electron chi connectivity index (χ3n) is 3.84. The van der Waals surface area contributed by atoms with E-state index < -0.39 is 17.5 Å². The summed E-state index contributed by atoms with van der Waals surface area (Å²) in [4.78, 5) is 33.8. The normalized spacial score (nSPS) is 10.9. The zero-order valence-corrected chi connectivity index (χ0v) is 15.4. The fourth-order valence-electron chi connectivity index (χ4n) is 2.23. The van der Waals surface area contributed by atoms with Crippen LogP contribution in [0.3, 0.4) is 0 Å². The maximum Gasteiger partial charge on any atom is 0.344 e. The van der Waals surface area contributed by atoms with Gasteiger partial charge in [0.25, 0.3) is 5.69 Å². The zero-order chi connectivity index (χ0) is 20.0. The Kier molecular flexibility index (Phi) is 6.28. The molecule has 0 fully saturated rings. The maximum atomic E-state index is 12.1. The van der Waals surface area contributed by atoms with Crippen LogP contribution >= 0.6 is 0 Å². The fraction of sp³-hybridized carbons (Fsp3) is 0.300. The number of nitro groups is 1. The summed E-state index contributed by atoms with van der Waals surface area (Å²) in [7, 11) is 0. The molecule has 142 valence electrons. The van der Waals surface area contributed by atoms with Gasteiger partial charge in [-0.1, -0.05) is 45.0 Å². The average molecular weight is 371 g/mol. The van der Waals surface area contributed by atoms with Crippen LogP contribution in [0, 0.1) is 10.1 Å². The lowest BCUT2D eigenvalue weighted by Gasteiger charge is -2.18. The highest BCUT2D eigenvalue weighted by Crippen LogP contribution is 2.22. The minimum absolute atomic E-state index is 0.0107. The molecule has 0 saturated carbocycles. The number of esters is 1. The van der Waals surface area contributed by atoms with Gasteiger partial charge in [-0.25, -0.2) is 4.79 Å². The standard InChI is InChI=1S/C20H21NO6/c1-20(2,3)15-6-4-14(5-7-15)18(22)12-27-19(23)13-26-17-10-8-16(9-11-17)21(24)25/h4-11H,12-13H2,1-3H3. The van der Waals surface area contributed by atoms with E-state index in [0.29, 0.717) is 11.3 Å². The minimum Gasteiger partial charge on any atom is -0.482 e. The number of benzene rings is 2. The van der Waals surface area contributed by atoms with Crippen molar-refractivity contribution in [3.05, 3.63) is 69.8 Å². The molecule has 7 nitrogen and oxygen atoms in total. The van der Waals surface area contributed by atoms with Crippen LogP contribution in [0.25, 0.3) is 0 Å². The molecule has 0 atom stereocenters.